The zero-order chi connectivity index (χ0) is 20.4. The Bertz CT molecular complexity index is 1260. The van der Waals surface area contributed by atoms with E-state index in [-0.39, 0.29) is 6.54 Å². The minimum absolute atomic E-state index is 0.240. The first-order chi connectivity index (χ1) is 14.0. The van der Waals surface area contributed by atoms with Gasteiger partial charge in [-0.15, -0.1) is 0 Å². The monoisotopic (exact) mass is 407 g/mol. The maximum atomic E-state index is 13.0. The van der Waals surface area contributed by atoms with E-state index in [1.807, 2.05) is 30.3 Å². The quantitative estimate of drug-likeness (QED) is 0.542. The maximum Gasteiger partial charge on any atom is 0.349 e. The number of hydrogen-bond donors (Lipinski definition) is 1. The van der Waals surface area contributed by atoms with Crippen molar-refractivity contribution in [2.75, 3.05) is 5.32 Å². The predicted octanol–water partition coefficient (Wildman–Crippen LogP) is 4.49. The van der Waals surface area contributed by atoms with Crippen LogP contribution in [0.25, 0.3) is 22.2 Å². The molecule has 4 aromatic rings. The van der Waals surface area contributed by atoms with Gasteiger partial charge >= 0.3 is 5.69 Å². The lowest BCUT2D eigenvalue weighted by Crippen LogP contribution is -2.30. The van der Waals surface area contributed by atoms with E-state index in [0.29, 0.717) is 27.3 Å². The van der Waals surface area contributed by atoms with Gasteiger partial charge in [0.2, 0.25) is 5.91 Å². The summed E-state index contributed by atoms with van der Waals surface area (Å²) in [5.41, 5.74) is 1.71. The number of benzene rings is 3. The van der Waals surface area contributed by atoms with Crippen LogP contribution >= 0.6 is 11.6 Å². The fourth-order valence-corrected chi connectivity index (χ4v) is 3.27. The van der Waals surface area contributed by atoms with E-state index >= 15 is 0 Å². The number of nitrogens with zero attached hydrogens (tertiary/aromatic N) is 2. The molecule has 1 heterocycles. The molecule has 4 rings (SSSR count). The minimum atomic E-state index is -0.548. The van der Waals surface area contributed by atoms with Crippen molar-refractivity contribution in [3.63, 3.8) is 0 Å². The van der Waals surface area contributed by atoms with Gasteiger partial charge in [0, 0.05) is 21.7 Å². The molecule has 0 aliphatic heterocycles. The SMILES string of the molecule is O=C(Cn1c(=O)nc(-c2ccccc2)c2cc(Cl)ccc21)Nc1ccc(F)cc1. The van der Waals surface area contributed by atoms with Crippen molar-refractivity contribution in [2.24, 2.45) is 0 Å². The average molecular weight is 408 g/mol. The lowest BCUT2D eigenvalue weighted by molar-refractivity contribution is -0.116. The van der Waals surface area contributed by atoms with Crippen LogP contribution < -0.4 is 11.0 Å². The van der Waals surface area contributed by atoms with Crippen molar-refractivity contribution in [3.8, 4) is 11.3 Å². The zero-order valence-corrected chi connectivity index (χ0v) is 15.9. The van der Waals surface area contributed by atoms with Crippen LogP contribution in [0.5, 0.6) is 0 Å². The smallest absolute Gasteiger partial charge is 0.325 e. The van der Waals surface area contributed by atoms with Crippen LogP contribution in [0.4, 0.5) is 10.1 Å². The number of hydrogen-bond acceptors (Lipinski definition) is 3. The van der Waals surface area contributed by atoms with E-state index in [1.165, 1.54) is 28.8 Å². The molecule has 3 aromatic carbocycles. The first-order valence-electron chi connectivity index (χ1n) is 8.82. The number of amides is 1. The molecular formula is C22H15ClFN3O2. The fourth-order valence-electron chi connectivity index (χ4n) is 3.10. The molecule has 0 aliphatic carbocycles. The van der Waals surface area contributed by atoms with Crippen molar-refractivity contribution in [1.82, 2.24) is 9.55 Å². The summed E-state index contributed by atoms with van der Waals surface area (Å²) in [6.07, 6.45) is 0. The molecule has 5 nitrogen and oxygen atoms in total. The molecule has 1 N–H and O–H groups in total. The van der Waals surface area contributed by atoms with Gasteiger partial charge in [-0.2, -0.15) is 4.98 Å². The van der Waals surface area contributed by atoms with Gasteiger partial charge in [-0.1, -0.05) is 41.9 Å². The third-order valence-corrected chi connectivity index (χ3v) is 4.65. The van der Waals surface area contributed by atoms with Gasteiger partial charge in [-0.25, -0.2) is 9.18 Å². The Kier molecular flexibility index (Phi) is 5.10. The molecule has 0 aliphatic rings. The highest BCUT2D eigenvalue weighted by atomic mass is 35.5. The summed E-state index contributed by atoms with van der Waals surface area (Å²) >= 11 is 6.17. The second-order valence-corrected chi connectivity index (χ2v) is 6.85. The van der Waals surface area contributed by atoms with Gasteiger partial charge in [0.05, 0.1) is 11.2 Å². The van der Waals surface area contributed by atoms with E-state index in [2.05, 4.69) is 10.3 Å². The van der Waals surface area contributed by atoms with Crippen molar-refractivity contribution in [1.29, 1.82) is 0 Å². The fraction of sp³-hybridized carbons (Fsp3) is 0.0455. The first-order valence-corrected chi connectivity index (χ1v) is 9.20. The van der Waals surface area contributed by atoms with Gasteiger partial charge in [0.25, 0.3) is 0 Å². The molecule has 29 heavy (non-hydrogen) atoms. The van der Waals surface area contributed by atoms with Gasteiger partial charge in [-0.3, -0.25) is 9.36 Å². The summed E-state index contributed by atoms with van der Waals surface area (Å²) < 4.78 is 14.3. The van der Waals surface area contributed by atoms with Crippen LogP contribution in [-0.4, -0.2) is 15.5 Å². The first kappa shape index (κ1) is 18.8. The van der Waals surface area contributed by atoms with Gasteiger partial charge in [0.15, 0.2) is 0 Å². The number of aromatic nitrogens is 2. The lowest BCUT2D eigenvalue weighted by Gasteiger charge is -2.13. The van der Waals surface area contributed by atoms with E-state index in [0.717, 1.165) is 5.56 Å². The largest absolute Gasteiger partial charge is 0.349 e. The van der Waals surface area contributed by atoms with Crippen LogP contribution in [0.15, 0.2) is 77.6 Å². The molecule has 0 saturated carbocycles. The molecule has 0 radical (unpaired) electrons. The van der Waals surface area contributed by atoms with Crippen molar-refractivity contribution < 1.29 is 9.18 Å². The molecule has 0 atom stereocenters. The molecule has 0 bridgehead atoms. The Labute approximate surface area is 170 Å². The van der Waals surface area contributed by atoms with Crippen LogP contribution in [0.3, 0.4) is 0 Å². The topological polar surface area (TPSA) is 64.0 Å². The van der Waals surface area contributed by atoms with E-state index < -0.39 is 17.4 Å². The number of halogens is 2. The molecule has 0 unspecified atom stereocenters. The lowest BCUT2D eigenvalue weighted by atomic mass is 10.1. The number of carbonyl (C=O) groups excluding carboxylic acids is 1. The van der Waals surface area contributed by atoms with Gasteiger partial charge < -0.3 is 5.32 Å². The summed E-state index contributed by atoms with van der Waals surface area (Å²) in [7, 11) is 0. The molecule has 1 amide bonds. The summed E-state index contributed by atoms with van der Waals surface area (Å²) in [4.78, 5) is 29.4. The minimum Gasteiger partial charge on any atom is -0.325 e. The highest BCUT2D eigenvalue weighted by Gasteiger charge is 2.15. The number of anilines is 1. The van der Waals surface area contributed by atoms with E-state index in [9.17, 15) is 14.0 Å². The Morgan fingerprint density at radius 1 is 1.03 bits per heavy atom. The van der Waals surface area contributed by atoms with Crippen LogP contribution in [-0.2, 0) is 11.3 Å². The van der Waals surface area contributed by atoms with Crippen LogP contribution in [0.1, 0.15) is 0 Å². The van der Waals surface area contributed by atoms with E-state index in [4.69, 9.17) is 11.6 Å². The number of carbonyl (C=O) groups is 1. The molecule has 144 valence electrons. The summed E-state index contributed by atoms with van der Waals surface area (Å²) in [5, 5.41) is 3.81. The number of fused-ring (bicyclic) bond motifs is 1. The van der Waals surface area contributed by atoms with Crippen LogP contribution in [0, 0.1) is 5.82 Å². The third-order valence-electron chi connectivity index (χ3n) is 4.42. The molecule has 0 fully saturated rings. The molecule has 0 spiro atoms. The second-order valence-electron chi connectivity index (χ2n) is 6.41. The molecular weight excluding hydrogens is 393 g/mol. The van der Waals surface area contributed by atoms with Gasteiger partial charge in [0.1, 0.15) is 12.4 Å². The van der Waals surface area contributed by atoms with Crippen molar-refractivity contribution in [3.05, 3.63) is 94.1 Å². The Hall–Kier alpha value is -3.51. The van der Waals surface area contributed by atoms with Gasteiger partial charge in [-0.05, 0) is 42.5 Å². The highest BCUT2D eigenvalue weighted by Crippen LogP contribution is 2.27. The summed E-state index contributed by atoms with van der Waals surface area (Å²) in [5.74, 6) is -0.827. The normalized spacial score (nSPS) is 10.8. The molecule has 0 saturated heterocycles. The maximum absolute atomic E-state index is 13.0. The molecule has 7 heteroatoms. The second kappa shape index (κ2) is 7.85. The Balaban J connectivity index is 1.75. The number of nitrogens with one attached hydrogen (secondary N) is 1. The summed E-state index contributed by atoms with van der Waals surface area (Å²) in [6, 6.07) is 19.8. The van der Waals surface area contributed by atoms with Crippen molar-refractivity contribution in [2.45, 2.75) is 6.54 Å². The third kappa shape index (κ3) is 4.02. The highest BCUT2D eigenvalue weighted by molar-refractivity contribution is 6.31. The Morgan fingerprint density at radius 3 is 2.48 bits per heavy atom. The Morgan fingerprint density at radius 2 is 1.76 bits per heavy atom. The summed E-state index contributed by atoms with van der Waals surface area (Å²) in [6.45, 7) is -0.240. The van der Waals surface area contributed by atoms with Crippen molar-refractivity contribution >= 4 is 34.1 Å². The zero-order valence-electron chi connectivity index (χ0n) is 15.1. The average Bonchev–Trinajstić information content (AvgIpc) is 2.72. The molecule has 1 aromatic heterocycles. The predicted molar refractivity (Wildman–Crippen MR) is 111 cm³/mol. The standard InChI is InChI=1S/C22H15ClFN3O2/c23-15-6-11-19-18(12-15)21(14-4-2-1-3-5-14)26-22(29)27(19)13-20(28)25-17-9-7-16(24)8-10-17/h1-12H,13H2,(H,25,28). The van der Waals surface area contributed by atoms with E-state index in [1.54, 1.807) is 18.2 Å². The number of rotatable bonds is 4. The van der Waals surface area contributed by atoms with Crippen LogP contribution in [0.2, 0.25) is 5.02 Å².